The number of hydrogen-bond donors (Lipinski definition) is 5. The van der Waals surface area contributed by atoms with Crippen molar-refractivity contribution in [1.82, 2.24) is 4.57 Å². The van der Waals surface area contributed by atoms with Crippen LogP contribution in [-0.4, -0.2) is 75.2 Å². The van der Waals surface area contributed by atoms with E-state index in [9.17, 15) is 29.3 Å². The number of aromatic nitrogens is 1. The summed E-state index contributed by atoms with van der Waals surface area (Å²) < 4.78 is 27.7. The van der Waals surface area contributed by atoms with Crippen LogP contribution in [0.5, 0.6) is 0 Å². The molecule has 4 fully saturated rings. The van der Waals surface area contributed by atoms with Gasteiger partial charge >= 0.3 is 5.97 Å². The first kappa shape index (κ1) is 55.9. The highest BCUT2D eigenvalue weighted by atomic mass is 19.1. The number of terminal acetylenes is 1. The molecule has 5 N–H and O–H groups in total. The maximum Gasteiger partial charge on any atom is 0.305 e. The number of benzene rings is 3. The predicted molar refractivity (Wildman–Crippen MR) is 287 cm³/mol. The van der Waals surface area contributed by atoms with Crippen LogP contribution in [0.2, 0.25) is 0 Å². The van der Waals surface area contributed by atoms with Crippen molar-refractivity contribution in [2.24, 2.45) is 46.3 Å². The molecule has 10 nitrogen and oxygen atoms in total. The lowest BCUT2D eigenvalue weighted by atomic mass is 9.43. The number of methoxy groups -OCH3 is 2. The summed E-state index contributed by atoms with van der Waals surface area (Å²) in [6.07, 6.45) is 16.7. The van der Waals surface area contributed by atoms with Gasteiger partial charge in [-0.15, -0.1) is 12.3 Å². The van der Waals surface area contributed by atoms with Gasteiger partial charge in [0.05, 0.1) is 36.0 Å². The molecule has 0 saturated heterocycles. The molecular weight excluding hydrogens is 920 g/mol. The molecule has 73 heavy (non-hydrogen) atoms. The molecular formula is C62H83FN2O8. The number of unbranched alkanes of at least 4 members (excludes halogenated alkanes) is 2. The second kappa shape index (κ2) is 24.2. The lowest BCUT2D eigenvalue weighted by Crippen LogP contribution is -2.60. The second-order valence-corrected chi connectivity index (χ2v) is 22.9. The molecule has 0 spiro atoms. The molecule has 4 aliphatic carbocycles. The topological polar surface area (TPSA) is 150 Å². The first-order chi connectivity index (χ1) is 34.9. The third kappa shape index (κ3) is 12.2. The number of carbonyl (C=O) groups is 2. The molecule has 1 unspecified atom stereocenters. The van der Waals surface area contributed by atoms with Gasteiger partial charge in [0.1, 0.15) is 5.82 Å². The van der Waals surface area contributed by atoms with E-state index >= 15 is 0 Å². The first-order valence-corrected chi connectivity index (χ1v) is 27.1. The minimum Gasteiger partial charge on any atom is -0.481 e. The predicted octanol–water partition coefficient (Wildman–Crippen LogP) is 12.7. The number of aliphatic hydroxyl groups is 3. The van der Waals surface area contributed by atoms with Crippen molar-refractivity contribution < 1.29 is 43.9 Å². The Morgan fingerprint density at radius 1 is 0.836 bits per heavy atom. The van der Waals surface area contributed by atoms with Gasteiger partial charge in [-0.25, -0.2) is 4.39 Å². The van der Waals surface area contributed by atoms with Gasteiger partial charge in [0, 0.05) is 57.0 Å². The van der Waals surface area contributed by atoms with Crippen LogP contribution < -0.4 is 5.32 Å². The summed E-state index contributed by atoms with van der Waals surface area (Å²) in [5, 5.41) is 44.3. The van der Waals surface area contributed by atoms with Crippen LogP contribution in [-0.2, 0) is 20.8 Å². The number of anilines is 1. The smallest absolute Gasteiger partial charge is 0.305 e. The lowest BCUT2D eigenvalue weighted by Gasteiger charge is -2.63. The van der Waals surface area contributed by atoms with Crippen molar-refractivity contribution in [3.05, 3.63) is 102 Å². The standard InChI is InChI=1S/C33H35FN2O5.C29H48O3/c1-21(2)31-30(33(41)35-25-11-7-4-8-12-25)29(22-9-5-3-6-10-22)32(23-13-15-24(34)16-14-23)36(31)18-17-26(37)19-27(38)20-28(39)40;1-7-8-9-10-11-20(2)22-12-13-23-26-24(14-15-28(22,23)4)27(3)16-17-29(31-5,32-6)19-21(27)18-25(26)30/h3-16,21,26-27,37-38H,17-20H2,1-2H3,(H,35,41)(H,39,40);1,20-26,30H,8-19H2,2-6H3/t26-,27-;20?,21-,22-,23+,24+,25-,26+,27+,28-/m11/s1. The summed E-state index contributed by atoms with van der Waals surface area (Å²) in [4.78, 5) is 25.0. The number of nitrogens with zero attached hydrogens (tertiary/aromatic N) is 1. The molecule has 1 heterocycles. The molecule has 1 aromatic heterocycles. The van der Waals surface area contributed by atoms with E-state index < -0.39 is 30.4 Å². The number of aliphatic carboxylic acids is 1. The largest absolute Gasteiger partial charge is 0.481 e. The van der Waals surface area contributed by atoms with Crippen LogP contribution in [0.1, 0.15) is 153 Å². The quantitative estimate of drug-likeness (QED) is 0.0354. The Labute approximate surface area is 434 Å². The summed E-state index contributed by atoms with van der Waals surface area (Å²) in [5.41, 5.74) is 5.48. The van der Waals surface area contributed by atoms with Crippen LogP contribution in [0, 0.1) is 64.5 Å². The highest BCUT2D eigenvalue weighted by Gasteiger charge is 2.64. The molecule has 4 aromatic rings. The van der Waals surface area contributed by atoms with Gasteiger partial charge in [-0.2, -0.15) is 0 Å². The monoisotopic (exact) mass is 1000 g/mol. The maximum atomic E-state index is 14.0. The number of hydrogen-bond acceptors (Lipinski definition) is 7. The number of carboxylic acids is 1. The number of carboxylic acid groups (broad SMARTS) is 1. The van der Waals surface area contributed by atoms with Crippen LogP contribution in [0.15, 0.2) is 84.9 Å². The summed E-state index contributed by atoms with van der Waals surface area (Å²) in [6.45, 7) is 11.9. The van der Waals surface area contributed by atoms with Gasteiger partial charge in [0.15, 0.2) is 5.79 Å². The molecule has 11 heteroatoms. The molecule has 4 saturated carbocycles. The van der Waals surface area contributed by atoms with E-state index in [1.54, 1.807) is 26.4 Å². The van der Waals surface area contributed by atoms with Crippen LogP contribution in [0.4, 0.5) is 10.1 Å². The van der Waals surface area contributed by atoms with E-state index in [2.05, 4.69) is 32.0 Å². The zero-order valence-electron chi connectivity index (χ0n) is 44.5. The number of aliphatic hydroxyl groups excluding tert-OH is 3. The zero-order valence-corrected chi connectivity index (χ0v) is 44.5. The minimum atomic E-state index is -1.18. The number of rotatable bonds is 19. The molecule has 4 aliphatic rings. The first-order valence-electron chi connectivity index (χ1n) is 27.1. The molecule has 3 aromatic carbocycles. The molecule has 8 rings (SSSR count). The van der Waals surface area contributed by atoms with Crippen molar-refractivity contribution in [2.45, 2.75) is 167 Å². The normalized spacial score (nSPS) is 27.3. The SMILES string of the molecule is C#CCCCCC(C)[C@H]1CC[C@H]2[C@@H]3[C@H](O)C[C@@H]4CC(OC)(OC)CC[C@]4(C)[C@H]3CC[C@]12C.CC(C)c1c(C(=O)Nc2ccccc2)c(-c2ccccc2)c(-c2ccc(F)cc2)n1CC[C@@H](O)C[C@@H](O)CC(=O)O. The van der Waals surface area contributed by atoms with E-state index in [0.717, 1.165) is 55.2 Å². The van der Waals surface area contributed by atoms with Crippen molar-refractivity contribution in [2.75, 3.05) is 19.5 Å². The van der Waals surface area contributed by atoms with Gasteiger partial charge in [-0.05, 0) is 158 Å². The van der Waals surface area contributed by atoms with E-state index in [1.165, 1.54) is 57.1 Å². The van der Waals surface area contributed by atoms with E-state index in [-0.39, 0.29) is 43.1 Å². The van der Waals surface area contributed by atoms with E-state index in [0.29, 0.717) is 62.6 Å². The number of fused-ring (bicyclic) bond motifs is 5. The van der Waals surface area contributed by atoms with Crippen molar-refractivity contribution in [3.63, 3.8) is 0 Å². The Hall–Kier alpha value is -4.83. The van der Waals surface area contributed by atoms with Crippen LogP contribution in [0.25, 0.3) is 22.4 Å². The number of nitrogens with one attached hydrogen (secondary N) is 1. The van der Waals surface area contributed by atoms with Crippen molar-refractivity contribution in [1.29, 1.82) is 0 Å². The summed E-state index contributed by atoms with van der Waals surface area (Å²) in [5.74, 6) is 4.27. The highest BCUT2D eigenvalue weighted by Crippen LogP contribution is 2.69. The average Bonchev–Trinajstić information content (AvgIpc) is 3.91. The Balaban J connectivity index is 0.000000220. The Kier molecular flexibility index (Phi) is 18.6. The third-order valence-electron chi connectivity index (χ3n) is 18.3. The number of carbonyl (C=O) groups excluding carboxylic acids is 1. The zero-order chi connectivity index (χ0) is 52.7. The number of halogens is 1. The summed E-state index contributed by atoms with van der Waals surface area (Å²) in [7, 11) is 3.57. The lowest BCUT2D eigenvalue weighted by molar-refractivity contribution is -0.269. The Bertz CT molecular complexity index is 2480. The number of amides is 1. The Morgan fingerprint density at radius 2 is 1.49 bits per heavy atom. The average molecular weight is 1000 g/mol. The van der Waals surface area contributed by atoms with Crippen LogP contribution >= 0.6 is 0 Å². The van der Waals surface area contributed by atoms with Gasteiger partial charge in [0.2, 0.25) is 0 Å². The fraction of sp³-hybridized carbons (Fsp3) is 0.581. The molecule has 11 atom stereocenters. The van der Waals surface area contributed by atoms with Gasteiger partial charge in [-0.3, -0.25) is 9.59 Å². The molecule has 396 valence electrons. The fourth-order valence-electron chi connectivity index (χ4n) is 14.7. The van der Waals surface area contributed by atoms with Crippen molar-refractivity contribution in [3.8, 4) is 34.7 Å². The summed E-state index contributed by atoms with van der Waals surface area (Å²) in [6, 6.07) is 24.8. The number of ether oxygens (including phenoxy) is 2. The molecule has 1 amide bonds. The van der Waals surface area contributed by atoms with E-state index in [4.69, 9.17) is 21.0 Å². The molecule has 0 bridgehead atoms. The van der Waals surface area contributed by atoms with Gasteiger partial charge in [0.25, 0.3) is 5.91 Å². The minimum absolute atomic E-state index is 0.0939. The van der Waals surface area contributed by atoms with Gasteiger partial charge in [-0.1, -0.05) is 96.0 Å². The fourth-order valence-corrected chi connectivity index (χ4v) is 14.7. The van der Waals surface area contributed by atoms with E-state index in [1.807, 2.05) is 79.1 Å². The molecule has 0 aliphatic heterocycles. The van der Waals surface area contributed by atoms with Crippen molar-refractivity contribution >= 4 is 17.6 Å². The maximum absolute atomic E-state index is 14.0. The van der Waals surface area contributed by atoms with Crippen LogP contribution in [0.3, 0.4) is 0 Å². The van der Waals surface area contributed by atoms with Gasteiger partial charge < -0.3 is 39.8 Å². The summed E-state index contributed by atoms with van der Waals surface area (Å²) >= 11 is 0. The highest BCUT2D eigenvalue weighted by molar-refractivity contribution is 6.12. The third-order valence-corrected chi connectivity index (χ3v) is 18.3. The Morgan fingerprint density at radius 3 is 2.12 bits per heavy atom. The molecule has 0 radical (unpaired) electrons. The second-order valence-electron chi connectivity index (χ2n) is 22.9. The number of para-hydroxylation sites is 1.